The van der Waals surface area contributed by atoms with Crippen LogP contribution in [-0.4, -0.2) is 12.0 Å². The van der Waals surface area contributed by atoms with Crippen LogP contribution >= 0.6 is 0 Å². The van der Waals surface area contributed by atoms with Gasteiger partial charge in [-0.2, -0.15) is 0 Å². The van der Waals surface area contributed by atoms with E-state index in [4.69, 9.17) is 0 Å². The van der Waals surface area contributed by atoms with Crippen LogP contribution in [0.5, 0.6) is 0 Å². The molecule has 0 amide bonds. The molecule has 0 radical (unpaired) electrons. The molecule has 2 rings (SSSR count). The van der Waals surface area contributed by atoms with Gasteiger partial charge in [0.15, 0.2) is 0 Å². The lowest BCUT2D eigenvalue weighted by Crippen LogP contribution is -2.05. The summed E-state index contributed by atoms with van der Waals surface area (Å²) in [7, 11) is 1.95. The van der Waals surface area contributed by atoms with Gasteiger partial charge in [0.1, 0.15) is 0 Å². The maximum Gasteiger partial charge on any atom is 0.0747 e. The highest BCUT2D eigenvalue weighted by atomic mass is 14.8. The summed E-state index contributed by atoms with van der Waals surface area (Å²) in [5, 5.41) is 4.37. The lowest BCUT2D eigenvalue weighted by atomic mass is 10.1. The summed E-state index contributed by atoms with van der Waals surface area (Å²) in [6.07, 6.45) is 1.92. The number of nitrogens with zero attached hydrogens (tertiary/aromatic N) is 1. The molecule has 14 heavy (non-hydrogen) atoms. The van der Waals surface area contributed by atoms with Crippen molar-refractivity contribution in [2.24, 2.45) is 0 Å². The number of para-hydroxylation sites is 1. The van der Waals surface area contributed by atoms with Crippen molar-refractivity contribution in [3.05, 3.63) is 41.6 Å². The number of fused-ring (bicyclic) bond motifs is 1. The highest BCUT2D eigenvalue weighted by Crippen LogP contribution is 2.17. The molecule has 0 aliphatic rings. The molecule has 0 aliphatic heterocycles. The first-order valence-corrected chi connectivity index (χ1v) is 4.80. The molecule has 72 valence electrons. The Balaban J connectivity index is 2.62. The molecule has 0 atom stereocenters. The van der Waals surface area contributed by atoms with E-state index in [-0.39, 0.29) is 0 Å². The zero-order valence-electron chi connectivity index (χ0n) is 8.54. The predicted molar refractivity (Wildman–Crippen MR) is 59.2 cm³/mol. The van der Waals surface area contributed by atoms with Crippen LogP contribution in [0, 0.1) is 6.92 Å². The Morgan fingerprint density at radius 1 is 1.36 bits per heavy atom. The molecule has 2 heteroatoms. The molecule has 0 unspecified atom stereocenters. The fourth-order valence-electron chi connectivity index (χ4n) is 1.67. The molecule has 1 aromatic heterocycles. The number of nitrogens with one attached hydrogen (secondary N) is 1. The minimum Gasteiger partial charge on any atom is -0.316 e. The minimum atomic E-state index is 0.868. The van der Waals surface area contributed by atoms with Gasteiger partial charge in [-0.15, -0.1) is 0 Å². The molecule has 0 bridgehead atoms. The van der Waals surface area contributed by atoms with Gasteiger partial charge in [0.25, 0.3) is 0 Å². The molecule has 1 aromatic carbocycles. The van der Waals surface area contributed by atoms with Crippen molar-refractivity contribution < 1.29 is 0 Å². The SMILES string of the molecule is CNCc1cccc2cc(C)cnc12. The van der Waals surface area contributed by atoms with Crippen molar-refractivity contribution in [2.45, 2.75) is 13.5 Å². The summed E-state index contributed by atoms with van der Waals surface area (Å²) >= 11 is 0. The van der Waals surface area contributed by atoms with E-state index in [1.54, 1.807) is 0 Å². The van der Waals surface area contributed by atoms with Gasteiger partial charge in [-0.05, 0) is 31.2 Å². The average Bonchev–Trinajstić information content (AvgIpc) is 2.18. The van der Waals surface area contributed by atoms with Crippen LogP contribution in [0.1, 0.15) is 11.1 Å². The molecule has 0 fully saturated rings. The summed E-state index contributed by atoms with van der Waals surface area (Å²) in [5.41, 5.74) is 3.57. The van der Waals surface area contributed by atoms with E-state index in [1.807, 2.05) is 13.2 Å². The molecule has 2 nitrogen and oxygen atoms in total. The Bertz CT molecular complexity index is 449. The average molecular weight is 186 g/mol. The van der Waals surface area contributed by atoms with E-state index in [9.17, 15) is 0 Å². The lowest BCUT2D eigenvalue weighted by Gasteiger charge is -2.05. The smallest absolute Gasteiger partial charge is 0.0747 e. The van der Waals surface area contributed by atoms with E-state index in [2.05, 4.69) is 41.5 Å². The maximum absolute atomic E-state index is 4.46. The second-order valence-electron chi connectivity index (χ2n) is 3.53. The third-order valence-corrected chi connectivity index (χ3v) is 2.30. The first kappa shape index (κ1) is 9.16. The first-order valence-electron chi connectivity index (χ1n) is 4.80. The third kappa shape index (κ3) is 1.61. The number of hydrogen-bond acceptors (Lipinski definition) is 2. The highest BCUT2D eigenvalue weighted by molar-refractivity contribution is 5.82. The van der Waals surface area contributed by atoms with Gasteiger partial charge in [0.2, 0.25) is 0 Å². The normalized spacial score (nSPS) is 10.7. The van der Waals surface area contributed by atoms with Gasteiger partial charge >= 0.3 is 0 Å². The summed E-state index contributed by atoms with van der Waals surface area (Å²) in [6.45, 7) is 2.94. The second kappa shape index (κ2) is 3.76. The Labute approximate surface area is 84.0 Å². The van der Waals surface area contributed by atoms with E-state index >= 15 is 0 Å². The Kier molecular flexibility index (Phi) is 2.46. The Hall–Kier alpha value is -1.41. The van der Waals surface area contributed by atoms with Crippen LogP contribution in [0.25, 0.3) is 10.9 Å². The molecule has 0 spiro atoms. The highest BCUT2D eigenvalue weighted by Gasteiger charge is 2.00. The van der Waals surface area contributed by atoms with Gasteiger partial charge in [-0.1, -0.05) is 18.2 Å². The number of hydrogen-bond donors (Lipinski definition) is 1. The molecule has 0 saturated heterocycles. The molecule has 1 N–H and O–H groups in total. The molecule has 1 heterocycles. The largest absolute Gasteiger partial charge is 0.316 e. The van der Waals surface area contributed by atoms with Crippen molar-refractivity contribution in [2.75, 3.05) is 7.05 Å². The van der Waals surface area contributed by atoms with E-state index in [0.29, 0.717) is 0 Å². The minimum absolute atomic E-state index is 0.868. The predicted octanol–water partition coefficient (Wildman–Crippen LogP) is 2.26. The van der Waals surface area contributed by atoms with Crippen LogP contribution in [0.2, 0.25) is 0 Å². The van der Waals surface area contributed by atoms with Crippen molar-refractivity contribution in [3.63, 3.8) is 0 Å². The van der Waals surface area contributed by atoms with Gasteiger partial charge in [-0.25, -0.2) is 0 Å². The molecule has 0 saturated carbocycles. The number of rotatable bonds is 2. The number of pyridine rings is 1. The maximum atomic E-state index is 4.46. The fourth-order valence-corrected chi connectivity index (χ4v) is 1.67. The van der Waals surface area contributed by atoms with Crippen LogP contribution < -0.4 is 5.32 Å². The summed E-state index contributed by atoms with van der Waals surface area (Å²) < 4.78 is 0. The van der Waals surface area contributed by atoms with Gasteiger partial charge in [-0.3, -0.25) is 4.98 Å². The van der Waals surface area contributed by atoms with Crippen molar-refractivity contribution in [3.8, 4) is 0 Å². The monoisotopic (exact) mass is 186 g/mol. The van der Waals surface area contributed by atoms with E-state index in [0.717, 1.165) is 12.1 Å². The number of aromatic nitrogens is 1. The summed E-state index contributed by atoms with van der Waals surface area (Å²) in [4.78, 5) is 4.46. The van der Waals surface area contributed by atoms with Gasteiger partial charge in [0.05, 0.1) is 5.52 Å². The second-order valence-corrected chi connectivity index (χ2v) is 3.53. The van der Waals surface area contributed by atoms with Crippen LogP contribution in [0.4, 0.5) is 0 Å². The standard InChI is InChI=1S/C12H14N2/c1-9-6-10-4-3-5-11(8-13-2)12(10)14-7-9/h3-7,13H,8H2,1-2H3. The van der Waals surface area contributed by atoms with Gasteiger partial charge in [0, 0.05) is 18.1 Å². The first-order chi connectivity index (χ1) is 6.81. The number of benzene rings is 1. The molecule has 2 aromatic rings. The van der Waals surface area contributed by atoms with Crippen LogP contribution in [-0.2, 0) is 6.54 Å². The van der Waals surface area contributed by atoms with E-state index < -0.39 is 0 Å². The van der Waals surface area contributed by atoms with Crippen molar-refractivity contribution in [1.29, 1.82) is 0 Å². The topological polar surface area (TPSA) is 24.9 Å². The molecule has 0 aliphatic carbocycles. The summed E-state index contributed by atoms with van der Waals surface area (Å²) in [5.74, 6) is 0. The Morgan fingerprint density at radius 2 is 2.21 bits per heavy atom. The quantitative estimate of drug-likeness (QED) is 0.778. The Morgan fingerprint density at radius 3 is 3.00 bits per heavy atom. The van der Waals surface area contributed by atoms with Crippen molar-refractivity contribution in [1.82, 2.24) is 10.3 Å². The van der Waals surface area contributed by atoms with Crippen LogP contribution in [0.15, 0.2) is 30.5 Å². The fraction of sp³-hybridized carbons (Fsp3) is 0.250. The van der Waals surface area contributed by atoms with Gasteiger partial charge < -0.3 is 5.32 Å². The van der Waals surface area contributed by atoms with Crippen LogP contribution in [0.3, 0.4) is 0 Å². The molecular weight excluding hydrogens is 172 g/mol. The molecular formula is C12H14N2. The number of aryl methyl sites for hydroxylation is 1. The zero-order chi connectivity index (χ0) is 9.97. The summed E-state index contributed by atoms with van der Waals surface area (Å²) in [6, 6.07) is 8.47. The van der Waals surface area contributed by atoms with Crippen molar-refractivity contribution >= 4 is 10.9 Å². The zero-order valence-corrected chi connectivity index (χ0v) is 8.54. The van der Waals surface area contributed by atoms with E-state index in [1.165, 1.54) is 16.5 Å². The lowest BCUT2D eigenvalue weighted by molar-refractivity contribution is 0.822. The third-order valence-electron chi connectivity index (χ3n) is 2.30.